The molecule has 1 aliphatic heterocycles. The molecule has 2 unspecified atom stereocenters. The summed E-state index contributed by atoms with van der Waals surface area (Å²) in [6.07, 6.45) is 8.03. The Hall–Kier alpha value is -2.79. The van der Waals surface area contributed by atoms with Crippen LogP contribution in [-0.4, -0.2) is 38.5 Å². The quantitative estimate of drug-likeness (QED) is 0.780. The summed E-state index contributed by atoms with van der Waals surface area (Å²) < 4.78 is 0. The molecule has 0 aliphatic carbocycles. The Morgan fingerprint density at radius 3 is 2.85 bits per heavy atom. The second-order valence-corrected chi connectivity index (χ2v) is 6.73. The van der Waals surface area contributed by atoms with Gasteiger partial charge in [-0.15, -0.1) is 0 Å². The summed E-state index contributed by atoms with van der Waals surface area (Å²) in [7, 11) is 0. The third-order valence-corrected chi connectivity index (χ3v) is 5.11. The average molecular weight is 347 g/mol. The van der Waals surface area contributed by atoms with E-state index in [0.29, 0.717) is 6.42 Å². The van der Waals surface area contributed by atoms with Crippen molar-refractivity contribution >= 4 is 16.7 Å². The first-order valence-electron chi connectivity index (χ1n) is 8.97. The largest absolute Gasteiger partial charge is 0.480 e. The number of aromatic nitrogens is 2. The molecule has 1 aromatic carbocycles. The second kappa shape index (κ2) is 7.22. The Balaban J connectivity index is 1.83. The Morgan fingerprint density at radius 1 is 1.12 bits per heavy atom. The molecule has 4 rings (SSSR count). The van der Waals surface area contributed by atoms with Gasteiger partial charge in [0.1, 0.15) is 6.04 Å². The van der Waals surface area contributed by atoms with Gasteiger partial charge < -0.3 is 5.11 Å². The lowest BCUT2D eigenvalue weighted by Crippen LogP contribution is -2.47. The second-order valence-electron chi connectivity index (χ2n) is 6.73. The van der Waals surface area contributed by atoms with Crippen molar-refractivity contribution in [2.24, 2.45) is 0 Å². The van der Waals surface area contributed by atoms with Crippen LogP contribution in [0.1, 0.15) is 36.6 Å². The van der Waals surface area contributed by atoms with Gasteiger partial charge in [0.25, 0.3) is 0 Å². The highest BCUT2D eigenvalue weighted by Crippen LogP contribution is 2.34. The van der Waals surface area contributed by atoms with Crippen molar-refractivity contribution < 1.29 is 9.90 Å². The Morgan fingerprint density at radius 2 is 2.04 bits per heavy atom. The molecule has 1 N–H and O–H groups in total. The van der Waals surface area contributed by atoms with Gasteiger partial charge in [-0.25, -0.2) is 0 Å². The van der Waals surface area contributed by atoms with Crippen molar-refractivity contribution in [1.82, 2.24) is 14.9 Å². The van der Waals surface area contributed by atoms with Gasteiger partial charge in [0.05, 0.1) is 11.7 Å². The van der Waals surface area contributed by atoms with Gasteiger partial charge in [-0.1, -0.05) is 24.6 Å². The molecule has 5 heteroatoms. The topological polar surface area (TPSA) is 66.3 Å². The van der Waals surface area contributed by atoms with Crippen LogP contribution in [0.3, 0.4) is 0 Å². The monoisotopic (exact) mass is 347 g/mol. The molecule has 5 nitrogen and oxygen atoms in total. The van der Waals surface area contributed by atoms with Gasteiger partial charge in [0.15, 0.2) is 0 Å². The third kappa shape index (κ3) is 3.18. The van der Waals surface area contributed by atoms with E-state index in [1.54, 1.807) is 12.4 Å². The molecular formula is C21H21N3O2. The maximum Gasteiger partial charge on any atom is 0.320 e. The lowest BCUT2D eigenvalue weighted by Gasteiger charge is -2.39. The third-order valence-electron chi connectivity index (χ3n) is 5.11. The summed E-state index contributed by atoms with van der Waals surface area (Å²) in [6.45, 7) is 0.757. The fourth-order valence-corrected chi connectivity index (χ4v) is 3.87. The van der Waals surface area contributed by atoms with Crippen LogP contribution in [-0.2, 0) is 4.79 Å². The molecule has 0 amide bonds. The van der Waals surface area contributed by atoms with Crippen LogP contribution < -0.4 is 0 Å². The van der Waals surface area contributed by atoms with Crippen LogP contribution in [0, 0.1) is 0 Å². The van der Waals surface area contributed by atoms with E-state index in [-0.39, 0.29) is 6.04 Å². The fourth-order valence-electron chi connectivity index (χ4n) is 3.87. The minimum Gasteiger partial charge on any atom is -0.480 e. The SMILES string of the molecule is O=C(O)C1CCCCN1C(c1ccc2cnccc2c1)c1ccccn1. The summed E-state index contributed by atoms with van der Waals surface area (Å²) in [5.41, 5.74) is 1.95. The normalized spacial score (nSPS) is 19.3. The van der Waals surface area contributed by atoms with Crippen LogP contribution in [0.5, 0.6) is 0 Å². The van der Waals surface area contributed by atoms with Crippen molar-refractivity contribution in [2.75, 3.05) is 6.54 Å². The zero-order valence-corrected chi connectivity index (χ0v) is 14.5. The van der Waals surface area contributed by atoms with E-state index in [0.717, 1.165) is 41.4 Å². The molecule has 0 saturated carbocycles. The van der Waals surface area contributed by atoms with E-state index in [4.69, 9.17) is 0 Å². The highest BCUT2D eigenvalue weighted by Gasteiger charge is 2.35. The lowest BCUT2D eigenvalue weighted by atomic mass is 9.93. The number of hydrogen-bond acceptors (Lipinski definition) is 4. The van der Waals surface area contributed by atoms with E-state index in [1.165, 1.54) is 0 Å². The van der Waals surface area contributed by atoms with E-state index < -0.39 is 12.0 Å². The molecule has 3 aromatic rings. The van der Waals surface area contributed by atoms with Crippen molar-refractivity contribution in [1.29, 1.82) is 0 Å². The van der Waals surface area contributed by atoms with Crippen LogP contribution in [0.25, 0.3) is 10.8 Å². The number of nitrogens with zero attached hydrogens (tertiary/aromatic N) is 3. The standard InChI is InChI=1S/C21H21N3O2/c25-21(26)19-6-2-4-12-24(19)20(18-5-1-3-10-23-18)16-7-8-17-14-22-11-9-15(17)13-16/h1,3,5,7-11,13-14,19-20H,2,4,6,12H2,(H,25,26). The van der Waals surface area contributed by atoms with Crippen LogP contribution in [0.2, 0.25) is 0 Å². The van der Waals surface area contributed by atoms with Gasteiger partial charge in [-0.3, -0.25) is 19.7 Å². The first-order valence-corrected chi connectivity index (χ1v) is 8.97. The summed E-state index contributed by atoms with van der Waals surface area (Å²) in [4.78, 5) is 22.7. The molecule has 0 spiro atoms. The Bertz CT molecular complexity index is 913. The molecule has 0 bridgehead atoms. The molecule has 0 radical (unpaired) electrons. The number of carboxylic acids is 1. The molecule has 26 heavy (non-hydrogen) atoms. The molecule has 1 aliphatic rings. The molecule has 132 valence electrons. The number of carboxylic acid groups (broad SMARTS) is 1. The van der Waals surface area contributed by atoms with Crippen LogP contribution in [0.15, 0.2) is 61.1 Å². The van der Waals surface area contributed by atoms with E-state index in [1.807, 2.05) is 36.5 Å². The number of aliphatic carboxylic acids is 1. The predicted octanol–water partition coefficient (Wildman–Crippen LogP) is 3.66. The van der Waals surface area contributed by atoms with E-state index in [9.17, 15) is 9.90 Å². The smallest absolute Gasteiger partial charge is 0.320 e. The van der Waals surface area contributed by atoms with Crippen molar-refractivity contribution in [3.8, 4) is 0 Å². The van der Waals surface area contributed by atoms with Crippen molar-refractivity contribution in [3.63, 3.8) is 0 Å². The number of hydrogen-bond donors (Lipinski definition) is 1. The molecule has 1 fully saturated rings. The van der Waals surface area contributed by atoms with Crippen molar-refractivity contribution in [2.45, 2.75) is 31.3 Å². The molecule has 1 saturated heterocycles. The average Bonchev–Trinajstić information content (AvgIpc) is 2.69. The van der Waals surface area contributed by atoms with Gasteiger partial charge in [0.2, 0.25) is 0 Å². The van der Waals surface area contributed by atoms with Crippen LogP contribution >= 0.6 is 0 Å². The number of rotatable bonds is 4. The summed E-state index contributed by atoms with van der Waals surface area (Å²) >= 11 is 0. The van der Waals surface area contributed by atoms with Crippen LogP contribution in [0.4, 0.5) is 0 Å². The van der Waals surface area contributed by atoms with Gasteiger partial charge in [-0.05, 0) is 54.6 Å². The van der Waals surface area contributed by atoms with Crippen molar-refractivity contribution in [3.05, 3.63) is 72.3 Å². The molecule has 2 atom stereocenters. The fraction of sp³-hybridized carbons (Fsp3) is 0.286. The minimum atomic E-state index is -0.754. The number of pyridine rings is 2. The molecular weight excluding hydrogens is 326 g/mol. The maximum atomic E-state index is 11.9. The number of piperidine rings is 1. The first kappa shape index (κ1) is 16.7. The number of carbonyl (C=O) groups is 1. The van der Waals surface area contributed by atoms with Gasteiger partial charge in [0, 0.05) is 24.0 Å². The number of benzene rings is 1. The zero-order chi connectivity index (χ0) is 17.9. The zero-order valence-electron chi connectivity index (χ0n) is 14.5. The van der Waals surface area contributed by atoms with Gasteiger partial charge in [-0.2, -0.15) is 0 Å². The lowest BCUT2D eigenvalue weighted by molar-refractivity contribution is -0.145. The van der Waals surface area contributed by atoms with E-state index in [2.05, 4.69) is 27.0 Å². The Labute approximate surface area is 152 Å². The number of fused-ring (bicyclic) bond motifs is 1. The first-order chi connectivity index (χ1) is 12.7. The summed E-state index contributed by atoms with van der Waals surface area (Å²) in [5, 5.41) is 11.9. The summed E-state index contributed by atoms with van der Waals surface area (Å²) in [5.74, 6) is -0.754. The highest BCUT2D eigenvalue weighted by molar-refractivity contribution is 5.82. The minimum absolute atomic E-state index is 0.171. The van der Waals surface area contributed by atoms with E-state index >= 15 is 0 Å². The molecule has 2 aromatic heterocycles. The van der Waals surface area contributed by atoms with Gasteiger partial charge >= 0.3 is 5.97 Å². The predicted molar refractivity (Wildman–Crippen MR) is 99.8 cm³/mol. The maximum absolute atomic E-state index is 11.9. The number of likely N-dealkylation sites (tertiary alicyclic amines) is 1. The molecule has 3 heterocycles. The highest BCUT2D eigenvalue weighted by atomic mass is 16.4. The Kier molecular flexibility index (Phi) is 4.63. The summed E-state index contributed by atoms with van der Waals surface area (Å²) in [6, 6.07) is 13.4.